The van der Waals surface area contributed by atoms with Gasteiger partial charge < -0.3 is 15.6 Å². The second kappa shape index (κ2) is 7.39. The van der Waals surface area contributed by atoms with Gasteiger partial charge >= 0.3 is 5.97 Å². The van der Waals surface area contributed by atoms with Gasteiger partial charge in [-0.1, -0.05) is 18.2 Å². The molecule has 1 amide bonds. The van der Waals surface area contributed by atoms with Crippen LogP contribution in [0.15, 0.2) is 48.5 Å². The van der Waals surface area contributed by atoms with Gasteiger partial charge in [-0.3, -0.25) is 14.8 Å². The van der Waals surface area contributed by atoms with Crippen molar-refractivity contribution in [1.82, 2.24) is 5.48 Å². The number of benzene rings is 2. The summed E-state index contributed by atoms with van der Waals surface area (Å²) in [4.78, 5) is 22.1. The number of hydrogen-bond acceptors (Lipinski definition) is 5. The second-order valence-electron chi connectivity index (χ2n) is 4.86. The zero-order chi connectivity index (χ0) is 16.8. The van der Waals surface area contributed by atoms with Gasteiger partial charge in [0.25, 0.3) is 5.91 Å². The van der Waals surface area contributed by atoms with E-state index < -0.39 is 17.9 Å². The van der Waals surface area contributed by atoms with Crippen molar-refractivity contribution in [3.8, 4) is 11.5 Å². The van der Waals surface area contributed by atoms with Crippen molar-refractivity contribution >= 4 is 11.9 Å². The minimum atomic E-state index is -1.05. The second-order valence-corrected chi connectivity index (χ2v) is 4.86. The van der Waals surface area contributed by atoms with Crippen LogP contribution in [0.1, 0.15) is 15.9 Å². The molecule has 0 aromatic heterocycles. The Morgan fingerprint density at radius 2 is 1.83 bits per heavy atom. The van der Waals surface area contributed by atoms with Crippen LogP contribution in [0.2, 0.25) is 0 Å². The summed E-state index contributed by atoms with van der Waals surface area (Å²) in [6.07, 6.45) is 0.224. The summed E-state index contributed by atoms with van der Waals surface area (Å²) < 4.78 is 5.61. The SMILES string of the molecule is N[C@@H](Cc1ccc(Oc2cccc(C(=O)NO)c2)cc1)C(=O)O. The van der Waals surface area contributed by atoms with Crippen LogP contribution in [-0.4, -0.2) is 28.2 Å². The fourth-order valence-corrected chi connectivity index (χ4v) is 1.94. The van der Waals surface area contributed by atoms with Crippen molar-refractivity contribution in [2.75, 3.05) is 0 Å². The van der Waals surface area contributed by atoms with Gasteiger partial charge in [0.15, 0.2) is 0 Å². The van der Waals surface area contributed by atoms with Gasteiger partial charge in [-0.05, 0) is 42.3 Å². The molecule has 2 aromatic carbocycles. The van der Waals surface area contributed by atoms with Crippen LogP contribution in [0.4, 0.5) is 0 Å². The number of aliphatic carboxylic acids is 1. The van der Waals surface area contributed by atoms with Crippen LogP contribution < -0.4 is 16.0 Å². The maximum Gasteiger partial charge on any atom is 0.320 e. The van der Waals surface area contributed by atoms with Gasteiger partial charge in [0.1, 0.15) is 17.5 Å². The summed E-state index contributed by atoms with van der Waals surface area (Å²) in [6, 6.07) is 12.2. The Labute approximate surface area is 132 Å². The Morgan fingerprint density at radius 1 is 1.13 bits per heavy atom. The third-order valence-corrected chi connectivity index (χ3v) is 3.13. The normalized spacial score (nSPS) is 11.6. The summed E-state index contributed by atoms with van der Waals surface area (Å²) in [5, 5.41) is 17.4. The number of carboxylic acids is 1. The fourth-order valence-electron chi connectivity index (χ4n) is 1.94. The number of rotatable bonds is 6. The van der Waals surface area contributed by atoms with Crippen LogP contribution in [0.5, 0.6) is 11.5 Å². The van der Waals surface area contributed by atoms with Gasteiger partial charge in [0.05, 0.1) is 0 Å². The highest BCUT2D eigenvalue weighted by Gasteiger charge is 2.12. The van der Waals surface area contributed by atoms with E-state index in [1.165, 1.54) is 12.1 Å². The molecule has 2 rings (SSSR count). The molecule has 0 bridgehead atoms. The molecule has 1 atom stereocenters. The predicted octanol–water partition coefficient (Wildman–Crippen LogP) is 1.55. The zero-order valence-corrected chi connectivity index (χ0v) is 12.1. The Bertz CT molecular complexity index is 700. The highest BCUT2D eigenvalue weighted by Crippen LogP contribution is 2.23. The molecular weight excluding hydrogens is 300 g/mol. The van der Waals surface area contributed by atoms with Crippen molar-refractivity contribution in [1.29, 1.82) is 0 Å². The average molecular weight is 316 g/mol. The molecule has 0 fully saturated rings. The first-order chi connectivity index (χ1) is 11.0. The number of carboxylic acid groups (broad SMARTS) is 1. The van der Waals surface area contributed by atoms with E-state index in [1.807, 2.05) is 0 Å². The molecule has 7 nitrogen and oxygen atoms in total. The first kappa shape index (κ1) is 16.5. The lowest BCUT2D eigenvalue weighted by Gasteiger charge is -2.09. The van der Waals surface area contributed by atoms with Crippen molar-refractivity contribution < 1.29 is 24.6 Å². The van der Waals surface area contributed by atoms with Crippen molar-refractivity contribution in [2.45, 2.75) is 12.5 Å². The Morgan fingerprint density at radius 3 is 2.43 bits per heavy atom. The summed E-state index contributed by atoms with van der Waals surface area (Å²) >= 11 is 0. The minimum Gasteiger partial charge on any atom is -0.480 e. The Kier molecular flexibility index (Phi) is 5.29. The van der Waals surface area contributed by atoms with Crippen LogP contribution in [-0.2, 0) is 11.2 Å². The third kappa shape index (κ3) is 4.53. The van der Waals surface area contributed by atoms with Gasteiger partial charge in [0.2, 0.25) is 0 Å². The first-order valence-electron chi connectivity index (χ1n) is 6.79. The van der Waals surface area contributed by atoms with E-state index in [-0.39, 0.29) is 12.0 Å². The quantitative estimate of drug-likeness (QED) is 0.474. The zero-order valence-electron chi connectivity index (χ0n) is 12.1. The van der Waals surface area contributed by atoms with Crippen molar-refractivity contribution in [3.63, 3.8) is 0 Å². The summed E-state index contributed by atoms with van der Waals surface area (Å²) in [6.45, 7) is 0. The van der Waals surface area contributed by atoms with E-state index >= 15 is 0 Å². The molecule has 23 heavy (non-hydrogen) atoms. The Balaban J connectivity index is 2.06. The topological polar surface area (TPSA) is 122 Å². The number of carbonyl (C=O) groups is 2. The average Bonchev–Trinajstić information content (AvgIpc) is 2.56. The molecule has 0 aliphatic heterocycles. The van der Waals surface area contributed by atoms with Crippen LogP contribution in [0, 0.1) is 0 Å². The van der Waals surface area contributed by atoms with E-state index in [2.05, 4.69) is 0 Å². The summed E-state index contributed by atoms with van der Waals surface area (Å²) in [5.74, 6) is -0.724. The maximum absolute atomic E-state index is 11.3. The molecule has 7 heteroatoms. The van der Waals surface area contributed by atoms with E-state index in [9.17, 15) is 9.59 Å². The smallest absolute Gasteiger partial charge is 0.320 e. The maximum atomic E-state index is 11.3. The number of nitrogens with one attached hydrogen (secondary N) is 1. The molecular formula is C16H16N2O5. The molecule has 0 aliphatic carbocycles. The minimum absolute atomic E-state index is 0.224. The Hall–Kier alpha value is -2.90. The number of hydrogen-bond donors (Lipinski definition) is 4. The van der Waals surface area contributed by atoms with Crippen molar-refractivity contribution in [3.05, 3.63) is 59.7 Å². The first-order valence-corrected chi connectivity index (χ1v) is 6.79. The molecule has 0 saturated heterocycles. The van der Waals surface area contributed by atoms with Gasteiger partial charge in [-0.15, -0.1) is 0 Å². The van der Waals surface area contributed by atoms with E-state index in [0.717, 1.165) is 5.56 Å². The fraction of sp³-hybridized carbons (Fsp3) is 0.125. The molecule has 0 radical (unpaired) electrons. The summed E-state index contributed by atoms with van der Waals surface area (Å²) in [7, 11) is 0. The molecule has 0 heterocycles. The third-order valence-electron chi connectivity index (χ3n) is 3.13. The van der Waals surface area contributed by atoms with Gasteiger partial charge in [0, 0.05) is 5.56 Å². The standard InChI is InChI=1S/C16H16N2O5/c17-14(16(20)21)8-10-4-6-12(7-5-10)23-13-3-1-2-11(9-13)15(19)18-22/h1-7,9,14,22H,8,17H2,(H,18,19)(H,20,21)/t14-/m0/s1. The highest BCUT2D eigenvalue weighted by atomic mass is 16.5. The largest absolute Gasteiger partial charge is 0.480 e. The molecule has 120 valence electrons. The predicted molar refractivity (Wildman–Crippen MR) is 81.5 cm³/mol. The van der Waals surface area contributed by atoms with Crippen LogP contribution >= 0.6 is 0 Å². The van der Waals surface area contributed by atoms with Gasteiger partial charge in [-0.25, -0.2) is 5.48 Å². The molecule has 5 N–H and O–H groups in total. The number of amides is 1. The molecule has 0 aliphatic rings. The summed E-state index contributed by atoms with van der Waals surface area (Å²) in [5.41, 5.74) is 8.07. The van der Waals surface area contributed by atoms with Crippen LogP contribution in [0.25, 0.3) is 0 Å². The lowest BCUT2D eigenvalue weighted by atomic mass is 10.1. The highest BCUT2D eigenvalue weighted by molar-refractivity contribution is 5.93. The number of nitrogens with two attached hydrogens (primary N) is 1. The monoisotopic (exact) mass is 316 g/mol. The van der Waals surface area contributed by atoms with Gasteiger partial charge in [-0.2, -0.15) is 0 Å². The number of ether oxygens (including phenoxy) is 1. The molecule has 0 unspecified atom stereocenters. The molecule has 0 saturated carbocycles. The van der Waals surface area contributed by atoms with E-state index in [0.29, 0.717) is 11.5 Å². The molecule has 0 spiro atoms. The number of carbonyl (C=O) groups excluding carboxylic acids is 1. The lowest BCUT2D eigenvalue weighted by molar-refractivity contribution is -0.138. The van der Waals surface area contributed by atoms with E-state index in [4.69, 9.17) is 20.8 Å². The van der Waals surface area contributed by atoms with Crippen LogP contribution in [0.3, 0.4) is 0 Å². The number of hydroxylamine groups is 1. The lowest BCUT2D eigenvalue weighted by Crippen LogP contribution is -2.32. The van der Waals surface area contributed by atoms with E-state index in [1.54, 1.807) is 41.9 Å². The van der Waals surface area contributed by atoms with Crippen molar-refractivity contribution in [2.24, 2.45) is 5.73 Å². The molecule has 2 aromatic rings.